The molecule has 2 nitrogen and oxygen atoms in total. The zero-order valence-electron chi connectivity index (χ0n) is 15.7. The molecule has 0 spiro atoms. The highest BCUT2D eigenvalue weighted by Gasteiger charge is 2.11. The van der Waals surface area contributed by atoms with Crippen molar-refractivity contribution in [3.05, 3.63) is 23.8 Å². The van der Waals surface area contributed by atoms with Gasteiger partial charge in [0.2, 0.25) is 0 Å². The van der Waals surface area contributed by atoms with Crippen molar-refractivity contribution < 1.29 is 9.47 Å². The van der Waals surface area contributed by atoms with Crippen LogP contribution in [-0.2, 0) is 0 Å². The molecule has 0 unspecified atom stereocenters. The summed E-state index contributed by atoms with van der Waals surface area (Å²) >= 11 is 0. The number of ether oxygens (including phenoxy) is 2. The SMILES string of the molecule is CC.CC.CCCOc1cc(C)cc(OCC(C)(C)C)c1. The van der Waals surface area contributed by atoms with Gasteiger partial charge in [0, 0.05) is 6.07 Å². The van der Waals surface area contributed by atoms with Gasteiger partial charge in [-0.3, -0.25) is 0 Å². The minimum absolute atomic E-state index is 0.175. The average Bonchev–Trinajstić information content (AvgIpc) is 2.46. The van der Waals surface area contributed by atoms with Crippen LogP contribution in [0.5, 0.6) is 11.5 Å². The van der Waals surface area contributed by atoms with Gasteiger partial charge < -0.3 is 9.47 Å². The first-order valence-corrected chi connectivity index (χ1v) is 8.28. The van der Waals surface area contributed by atoms with Gasteiger partial charge in [-0.1, -0.05) is 55.4 Å². The van der Waals surface area contributed by atoms with Crippen LogP contribution >= 0.6 is 0 Å². The molecule has 0 heterocycles. The van der Waals surface area contributed by atoms with Crippen LogP contribution in [0.3, 0.4) is 0 Å². The molecule has 0 amide bonds. The van der Waals surface area contributed by atoms with E-state index in [2.05, 4.69) is 34.6 Å². The average molecular weight is 296 g/mol. The molecule has 0 atom stereocenters. The molecule has 0 N–H and O–H groups in total. The molecule has 0 aromatic heterocycles. The summed E-state index contributed by atoms with van der Waals surface area (Å²) in [5.41, 5.74) is 1.34. The molecule has 0 bridgehead atoms. The Morgan fingerprint density at radius 2 is 1.33 bits per heavy atom. The van der Waals surface area contributed by atoms with Gasteiger partial charge in [-0.15, -0.1) is 0 Å². The number of rotatable bonds is 5. The molecule has 0 aliphatic heterocycles. The smallest absolute Gasteiger partial charge is 0.123 e. The van der Waals surface area contributed by atoms with Gasteiger partial charge in [0.05, 0.1) is 13.2 Å². The first-order valence-electron chi connectivity index (χ1n) is 8.28. The Morgan fingerprint density at radius 1 is 0.857 bits per heavy atom. The van der Waals surface area contributed by atoms with Gasteiger partial charge >= 0.3 is 0 Å². The highest BCUT2D eigenvalue weighted by molar-refractivity contribution is 5.37. The fraction of sp³-hybridized carbons (Fsp3) is 0.684. The lowest BCUT2D eigenvalue weighted by molar-refractivity contribution is 0.197. The van der Waals surface area contributed by atoms with Crippen LogP contribution < -0.4 is 9.47 Å². The van der Waals surface area contributed by atoms with Crippen molar-refractivity contribution in [1.82, 2.24) is 0 Å². The van der Waals surface area contributed by atoms with Crippen LogP contribution in [0.25, 0.3) is 0 Å². The third kappa shape index (κ3) is 12.3. The Bertz CT molecular complexity index is 351. The van der Waals surface area contributed by atoms with E-state index in [9.17, 15) is 0 Å². The molecular formula is C19H36O2. The van der Waals surface area contributed by atoms with E-state index in [1.807, 2.05) is 45.9 Å². The maximum Gasteiger partial charge on any atom is 0.123 e. The van der Waals surface area contributed by atoms with Crippen molar-refractivity contribution in [2.45, 2.75) is 68.7 Å². The first kappa shape index (κ1) is 22.1. The number of benzene rings is 1. The Hall–Kier alpha value is -1.18. The van der Waals surface area contributed by atoms with Crippen molar-refractivity contribution in [2.75, 3.05) is 13.2 Å². The monoisotopic (exact) mass is 296 g/mol. The molecule has 124 valence electrons. The summed E-state index contributed by atoms with van der Waals surface area (Å²) in [6.45, 7) is 20.1. The van der Waals surface area contributed by atoms with E-state index in [1.165, 1.54) is 5.56 Å². The van der Waals surface area contributed by atoms with Gasteiger partial charge in [-0.2, -0.15) is 0 Å². The molecule has 0 saturated heterocycles. The normalized spacial score (nSPS) is 9.76. The second-order valence-corrected chi connectivity index (χ2v) is 5.68. The van der Waals surface area contributed by atoms with Crippen molar-refractivity contribution in [2.24, 2.45) is 5.41 Å². The van der Waals surface area contributed by atoms with Crippen LogP contribution in [0, 0.1) is 12.3 Å². The lowest BCUT2D eigenvalue weighted by Crippen LogP contribution is -2.16. The van der Waals surface area contributed by atoms with Gasteiger partial charge in [0.15, 0.2) is 0 Å². The minimum Gasteiger partial charge on any atom is -0.493 e. The summed E-state index contributed by atoms with van der Waals surface area (Å²) in [6, 6.07) is 6.05. The maximum absolute atomic E-state index is 5.79. The van der Waals surface area contributed by atoms with E-state index < -0.39 is 0 Å². The summed E-state index contributed by atoms with van der Waals surface area (Å²) in [5.74, 6) is 1.79. The lowest BCUT2D eigenvalue weighted by atomic mass is 9.99. The summed E-state index contributed by atoms with van der Waals surface area (Å²) in [5, 5.41) is 0. The molecule has 21 heavy (non-hydrogen) atoms. The van der Waals surface area contributed by atoms with E-state index in [-0.39, 0.29) is 5.41 Å². The van der Waals surface area contributed by atoms with Gasteiger partial charge in [-0.25, -0.2) is 0 Å². The standard InChI is InChI=1S/C15H24O2.2C2H6/c1-6-7-16-13-8-12(2)9-14(10-13)17-11-15(3,4)5;2*1-2/h8-10H,6-7,11H2,1-5H3;2*1-2H3. The van der Waals surface area contributed by atoms with Crippen molar-refractivity contribution in [1.29, 1.82) is 0 Å². The fourth-order valence-corrected chi connectivity index (χ4v) is 1.40. The molecule has 0 aliphatic carbocycles. The maximum atomic E-state index is 5.79. The molecular weight excluding hydrogens is 260 g/mol. The number of aryl methyl sites for hydroxylation is 1. The fourth-order valence-electron chi connectivity index (χ4n) is 1.40. The Labute approximate surface area is 132 Å². The Balaban J connectivity index is 0. The predicted molar refractivity (Wildman–Crippen MR) is 94.6 cm³/mol. The number of hydrogen-bond donors (Lipinski definition) is 0. The molecule has 2 heteroatoms. The largest absolute Gasteiger partial charge is 0.493 e. The molecule has 1 aromatic carbocycles. The number of hydrogen-bond acceptors (Lipinski definition) is 2. The quantitative estimate of drug-likeness (QED) is 0.638. The van der Waals surface area contributed by atoms with E-state index in [4.69, 9.17) is 9.47 Å². The molecule has 0 saturated carbocycles. The van der Waals surface area contributed by atoms with E-state index >= 15 is 0 Å². The van der Waals surface area contributed by atoms with Gasteiger partial charge in [0.1, 0.15) is 11.5 Å². The van der Waals surface area contributed by atoms with E-state index in [0.29, 0.717) is 6.61 Å². The third-order valence-electron chi connectivity index (χ3n) is 2.17. The summed E-state index contributed by atoms with van der Waals surface area (Å²) in [4.78, 5) is 0. The lowest BCUT2D eigenvalue weighted by Gasteiger charge is -2.19. The molecule has 0 radical (unpaired) electrons. The summed E-state index contributed by atoms with van der Waals surface area (Å²) in [7, 11) is 0. The van der Waals surface area contributed by atoms with Gasteiger partial charge in [0.25, 0.3) is 0 Å². The minimum atomic E-state index is 0.175. The second kappa shape index (κ2) is 12.6. The molecule has 0 fully saturated rings. The zero-order valence-corrected chi connectivity index (χ0v) is 15.7. The van der Waals surface area contributed by atoms with Crippen molar-refractivity contribution >= 4 is 0 Å². The van der Waals surface area contributed by atoms with Crippen LogP contribution in [0.2, 0.25) is 0 Å². The molecule has 1 rings (SSSR count). The zero-order chi connectivity index (χ0) is 16.9. The Morgan fingerprint density at radius 3 is 1.76 bits per heavy atom. The predicted octanol–water partition coefficient (Wildman–Crippen LogP) is 6.26. The van der Waals surface area contributed by atoms with Crippen LogP contribution in [0.1, 0.15) is 67.4 Å². The third-order valence-corrected chi connectivity index (χ3v) is 2.17. The highest BCUT2D eigenvalue weighted by Crippen LogP contribution is 2.24. The van der Waals surface area contributed by atoms with E-state index in [0.717, 1.165) is 24.5 Å². The summed E-state index contributed by atoms with van der Waals surface area (Å²) < 4.78 is 11.4. The van der Waals surface area contributed by atoms with E-state index in [1.54, 1.807) is 0 Å². The first-order chi connectivity index (χ1) is 9.90. The van der Waals surface area contributed by atoms with Crippen LogP contribution in [0.15, 0.2) is 18.2 Å². The highest BCUT2D eigenvalue weighted by atomic mass is 16.5. The van der Waals surface area contributed by atoms with Gasteiger partial charge in [-0.05, 0) is 36.5 Å². The second-order valence-electron chi connectivity index (χ2n) is 5.68. The topological polar surface area (TPSA) is 18.5 Å². The molecule has 1 aromatic rings. The Kier molecular flexibility index (Phi) is 13.2. The van der Waals surface area contributed by atoms with Crippen molar-refractivity contribution in [3.63, 3.8) is 0 Å². The van der Waals surface area contributed by atoms with Crippen LogP contribution in [0.4, 0.5) is 0 Å². The van der Waals surface area contributed by atoms with Crippen molar-refractivity contribution in [3.8, 4) is 11.5 Å². The summed E-state index contributed by atoms with van der Waals surface area (Å²) in [6.07, 6.45) is 1.02. The molecule has 0 aliphatic rings. The van der Waals surface area contributed by atoms with Crippen LogP contribution in [-0.4, -0.2) is 13.2 Å².